The van der Waals surface area contributed by atoms with Crippen LogP contribution in [0.3, 0.4) is 0 Å². The van der Waals surface area contributed by atoms with E-state index in [1.54, 1.807) is 16.7 Å². The molecule has 1 aromatic heterocycles. The maximum absolute atomic E-state index is 12.1. The number of imidazole rings is 1. The zero-order chi connectivity index (χ0) is 12.7. The Kier molecular flexibility index (Phi) is 2.63. The zero-order valence-corrected chi connectivity index (χ0v) is 10.4. The summed E-state index contributed by atoms with van der Waals surface area (Å²) in [5.41, 5.74) is 1.22. The first-order valence-corrected chi connectivity index (χ1v) is 6.27. The van der Waals surface area contributed by atoms with Crippen LogP contribution in [-0.2, 0) is 0 Å². The summed E-state index contributed by atoms with van der Waals surface area (Å²) >= 11 is 0. The van der Waals surface area contributed by atoms with Crippen LogP contribution in [0, 0.1) is 0 Å². The molecule has 1 fully saturated rings. The lowest BCUT2D eigenvalue weighted by molar-refractivity contribution is 0.221. The first kappa shape index (κ1) is 11.3. The van der Waals surface area contributed by atoms with Crippen molar-refractivity contribution in [2.75, 3.05) is 20.1 Å². The first-order chi connectivity index (χ1) is 8.66. The number of hydrogen-bond donors (Lipinski definition) is 2. The third kappa shape index (κ3) is 1.71. The molecule has 5 heteroatoms. The minimum absolute atomic E-state index is 0.124. The summed E-state index contributed by atoms with van der Waals surface area (Å²) in [6.45, 7) is 2.01. The molecule has 2 heterocycles. The fraction of sp³-hybridized carbons (Fsp3) is 0.462. The monoisotopic (exact) mass is 247 g/mol. The Bertz CT molecular complexity index is 621. The second-order valence-electron chi connectivity index (χ2n) is 5.01. The molecule has 0 aliphatic carbocycles. The van der Waals surface area contributed by atoms with Gasteiger partial charge in [-0.2, -0.15) is 0 Å². The SMILES string of the molecule is CN1CCC(n2c(=O)[nH]c3c(O)cccc32)CC1. The normalized spacial score (nSPS) is 18.5. The molecule has 0 amide bonds. The number of nitrogens with one attached hydrogen (secondary N) is 1. The van der Waals surface area contributed by atoms with Gasteiger partial charge in [-0.3, -0.25) is 4.57 Å². The van der Waals surface area contributed by atoms with E-state index < -0.39 is 0 Å². The van der Waals surface area contributed by atoms with E-state index in [1.165, 1.54) is 0 Å². The van der Waals surface area contributed by atoms with Crippen molar-refractivity contribution in [3.05, 3.63) is 28.7 Å². The number of phenolic OH excluding ortho intramolecular Hbond substituents is 1. The average Bonchev–Trinajstić information content (AvgIpc) is 2.69. The number of aromatic hydroxyl groups is 1. The van der Waals surface area contributed by atoms with Gasteiger partial charge in [0.2, 0.25) is 0 Å². The Labute approximate surface area is 105 Å². The summed E-state index contributed by atoms with van der Waals surface area (Å²) in [7, 11) is 2.10. The Balaban J connectivity index is 2.09. The number of para-hydroxylation sites is 1. The molecular weight excluding hydrogens is 230 g/mol. The number of likely N-dealkylation sites (tertiary alicyclic amines) is 1. The molecule has 5 nitrogen and oxygen atoms in total. The van der Waals surface area contributed by atoms with Gasteiger partial charge >= 0.3 is 5.69 Å². The van der Waals surface area contributed by atoms with E-state index in [0.717, 1.165) is 31.4 Å². The number of benzene rings is 1. The number of H-pyrrole nitrogens is 1. The molecule has 2 N–H and O–H groups in total. The third-order valence-corrected chi connectivity index (χ3v) is 3.78. The third-order valence-electron chi connectivity index (χ3n) is 3.78. The maximum atomic E-state index is 12.1. The minimum Gasteiger partial charge on any atom is -0.506 e. The summed E-state index contributed by atoms with van der Waals surface area (Å²) < 4.78 is 1.79. The summed E-state index contributed by atoms with van der Waals surface area (Å²) in [5.74, 6) is 0.135. The van der Waals surface area contributed by atoms with Crippen LogP contribution in [0.25, 0.3) is 11.0 Å². The Morgan fingerprint density at radius 3 is 2.78 bits per heavy atom. The second kappa shape index (κ2) is 4.17. The number of aromatic amines is 1. The van der Waals surface area contributed by atoms with Gasteiger partial charge in [-0.15, -0.1) is 0 Å². The minimum atomic E-state index is -0.124. The highest BCUT2D eigenvalue weighted by molar-refractivity contribution is 5.81. The van der Waals surface area contributed by atoms with Crippen LogP contribution in [0.5, 0.6) is 5.75 Å². The molecule has 0 atom stereocenters. The topological polar surface area (TPSA) is 61.3 Å². The van der Waals surface area contributed by atoms with Gasteiger partial charge in [-0.05, 0) is 45.1 Å². The molecule has 18 heavy (non-hydrogen) atoms. The van der Waals surface area contributed by atoms with Gasteiger partial charge in [-0.1, -0.05) is 6.07 Å². The van der Waals surface area contributed by atoms with Gasteiger partial charge < -0.3 is 15.0 Å². The maximum Gasteiger partial charge on any atom is 0.326 e. The van der Waals surface area contributed by atoms with Gasteiger partial charge in [0.15, 0.2) is 0 Å². The van der Waals surface area contributed by atoms with Crippen LogP contribution in [-0.4, -0.2) is 39.7 Å². The molecule has 0 bridgehead atoms. The van der Waals surface area contributed by atoms with Gasteiger partial charge in [-0.25, -0.2) is 4.79 Å². The van der Waals surface area contributed by atoms with Crippen molar-refractivity contribution >= 4 is 11.0 Å². The fourth-order valence-electron chi connectivity index (χ4n) is 2.75. The van der Waals surface area contributed by atoms with Crippen LogP contribution in [0.15, 0.2) is 23.0 Å². The van der Waals surface area contributed by atoms with Gasteiger partial charge in [0.05, 0.1) is 5.52 Å². The Morgan fingerprint density at radius 2 is 2.06 bits per heavy atom. The number of hydrogen-bond acceptors (Lipinski definition) is 3. The van der Waals surface area contributed by atoms with Gasteiger partial charge in [0.1, 0.15) is 11.3 Å². The van der Waals surface area contributed by atoms with Gasteiger partial charge in [0.25, 0.3) is 0 Å². The molecule has 3 rings (SSSR count). The lowest BCUT2D eigenvalue weighted by Crippen LogP contribution is -2.34. The summed E-state index contributed by atoms with van der Waals surface area (Å²) in [6.07, 6.45) is 1.94. The van der Waals surface area contributed by atoms with Crippen molar-refractivity contribution in [1.29, 1.82) is 0 Å². The molecule has 1 aliphatic rings. The quantitative estimate of drug-likeness (QED) is 0.798. The number of nitrogens with zero attached hydrogens (tertiary/aromatic N) is 2. The molecule has 2 aromatic rings. The van der Waals surface area contributed by atoms with Crippen LogP contribution < -0.4 is 5.69 Å². The van der Waals surface area contributed by atoms with Crippen molar-refractivity contribution in [3.63, 3.8) is 0 Å². The van der Waals surface area contributed by atoms with Crippen molar-refractivity contribution in [2.24, 2.45) is 0 Å². The standard InChI is InChI=1S/C13H17N3O2/c1-15-7-5-9(6-8-15)16-10-3-2-4-11(17)12(10)14-13(16)18/h2-4,9,17H,5-8H2,1H3,(H,14,18). The fourth-order valence-corrected chi connectivity index (χ4v) is 2.75. The predicted octanol–water partition coefficient (Wildman–Crippen LogP) is 1.30. The van der Waals surface area contributed by atoms with Crippen molar-refractivity contribution in [3.8, 4) is 5.75 Å². The summed E-state index contributed by atoms with van der Waals surface area (Å²) in [6, 6.07) is 5.48. The number of phenols is 1. The van der Waals surface area contributed by atoms with Crippen LogP contribution in [0.4, 0.5) is 0 Å². The second-order valence-corrected chi connectivity index (χ2v) is 5.01. The van der Waals surface area contributed by atoms with E-state index in [2.05, 4.69) is 16.9 Å². The number of piperidine rings is 1. The summed E-state index contributed by atoms with van der Waals surface area (Å²) in [5, 5.41) is 9.76. The highest BCUT2D eigenvalue weighted by Gasteiger charge is 2.22. The zero-order valence-electron chi connectivity index (χ0n) is 10.4. The molecule has 1 saturated heterocycles. The Morgan fingerprint density at radius 1 is 1.33 bits per heavy atom. The van der Waals surface area contributed by atoms with Crippen LogP contribution >= 0.6 is 0 Å². The number of aromatic nitrogens is 2. The highest BCUT2D eigenvalue weighted by Crippen LogP contribution is 2.27. The molecule has 1 aromatic carbocycles. The van der Waals surface area contributed by atoms with E-state index >= 15 is 0 Å². The van der Waals surface area contributed by atoms with Crippen molar-refractivity contribution in [2.45, 2.75) is 18.9 Å². The predicted molar refractivity (Wildman–Crippen MR) is 70.0 cm³/mol. The van der Waals surface area contributed by atoms with Gasteiger partial charge in [0, 0.05) is 6.04 Å². The van der Waals surface area contributed by atoms with Crippen molar-refractivity contribution < 1.29 is 5.11 Å². The molecule has 0 radical (unpaired) electrons. The van der Waals surface area contributed by atoms with E-state index in [9.17, 15) is 9.90 Å². The molecule has 0 unspecified atom stereocenters. The van der Waals surface area contributed by atoms with E-state index in [0.29, 0.717) is 5.52 Å². The molecule has 0 spiro atoms. The van der Waals surface area contributed by atoms with E-state index in [1.807, 2.05) is 6.07 Å². The van der Waals surface area contributed by atoms with Crippen LogP contribution in [0.1, 0.15) is 18.9 Å². The summed E-state index contributed by atoms with van der Waals surface area (Å²) in [4.78, 5) is 17.1. The lowest BCUT2D eigenvalue weighted by atomic mass is 10.1. The molecule has 96 valence electrons. The van der Waals surface area contributed by atoms with E-state index in [-0.39, 0.29) is 17.5 Å². The number of rotatable bonds is 1. The first-order valence-electron chi connectivity index (χ1n) is 6.27. The largest absolute Gasteiger partial charge is 0.506 e. The van der Waals surface area contributed by atoms with Crippen molar-refractivity contribution in [1.82, 2.24) is 14.5 Å². The lowest BCUT2D eigenvalue weighted by Gasteiger charge is -2.29. The smallest absolute Gasteiger partial charge is 0.326 e. The molecular formula is C13H17N3O2. The molecule has 1 aliphatic heterocycles. The van der Waals surface area contributed by atoms with Crippen LogP contribution in [0.2, 0.25) is 0 Å². The Hall–Kier alpha value is -1.75. The van der Waals surface area contributed by atoms with E-state index in [4.69, 9.17) is 0 Å². The number of fused-ring (bicyclic) bond motifs is 1. The highest BCUT2D eigenvalue weighted by atomic mass is 16.3. The average molecular weight is 247 g/mol. The molecule has 0 saturated carbocycles.